The molecule has 0 atom stereocenters. The number of carbonyl (C=O) groups is 1. The SMILES string of the molecule is COc1cc(CN)c([N+](=O)[O-])cc1OCC(C)(C)C(=O)O. The molecule has 0 radical (unpaired) electrons. The van der Waals surface area contributed by atoms with E-state index in [9.17, 15) is 14.9 Å². The molecule has 8 heteroatoms. The van der Waals surface area contributed by atoms with E-state index in [1.54, 1.807) is 0 Å². The van der Waals surface area contributed by atoms with E-state index in [1.807, 2.05) is 0 Å². The number of nitrogens with two attached hydrogens (primary N) is 1. The summed E-state index contributed by atoms with van der Waals surface area (Å²) >= 11 is 0. The minimum atomic E-state index is -1.13. The number of aliphatic carboxylic acids is 1. The first-order valence-corrected chi connectivity index (χ1v) is 6.14. The van der Waals surface area contributed by atoms with E-state index in [4.69, 9.17) is 20.3 Å². The highest BCUT2D eigenvalue weighted by atomic mass is 16.6. The number of nitro groups is 1. The molecule has 0 aliphatic heterocycles. The van der Waals surface area contributed by atoms with E-state index in [2.05, 4.69) is 0 Å². The lowest BCUT2D eigenvalue weighted by Gasteiger charge is -2.20. The molecule has 8 nitrogen and oxygen atoms in total. The van der Waals surface area contributed by atoms with Crippen LogP contribution in [-0.4, -0.2) is 29.7 Å². The Morgan fingerprint density at radius 3 is 2.48 bits per heavy atom. The van der Waals surface area contributed by atoms with Crippen LogP contribution in [0.5, 0.6) is 11.5 Å². The second-order valence-corrected chi connectivity index (χ2v) is 5.07. The Bertz CT molecular complexity index is 556. The zero-order valence-electron chi connectivity index (χ0n) is 12.1. The molecule has 0 bridgehead atoms. The van der Waals surface area contributed by atoms with Crippen molar-refractivity contribution in [2.45, 2.75) is 20.4 Å². The Hall–Kier alpha value is -2.35. The summed E-state index contributed by atoms with van der Waals surface area (Å²) in [5.74, 6) is -0.660. The average molecular weight is 298 g/mol. The summed E-state index contributed by atoms with van der Waals surface area (Å²) in [6.45, 7) is 2.81. The summed E-state index contributed by atoms with van der Waals surface area (Å²) in [5, 5.41) is 20.0. The van der Waals surface area contributed by atoms with Gasteiger partial charge in [-0.1, -0.05) is 0 Å². The van der Waals surface area contributed by atoms with Crippen molar-refractivity contribution in [1.82, 2.24) is 0 Å². The van der Waals surface area contributed by atoms with E-state index >= 15 is 0 Å². The van der Waals surface area contributed by atoms with Gasteiger partial charge in [-0.25, -0.2) is 0 Å². The fraction of sp³-hybridized carbons (Fsp3) is 0.462. The fourth-order valence-electron chi connectivity index (χ4n) is 1.52. The molecule has 1 aromatic carbocycles. The first kappa shape index (κ1) is 16.7. The number of benzene rings is 1. The summed E-state index contributed by atoms with van der Waals surface area (Å²) in [5.41, 5.74) is 4.45. The van der Waals surface area contributed by atoms with Gasteiger partial charge in [0.15, 0.2) is 11.5 Å². The van der Waals surface area contributed by atoms with Gasteiger partial charge in [-0.15, -0.1) is 0 Å². The van der Waals surface area contributed by atoms with Crippen molar-refractivity contribution in [1.29, 1.82) is 0 Å². The second kappa shape index (κ2) is 6.40. The maximum atomic E-state index is 11.0. The maximum Gasteiger partial charge on any atom is 0.312 e. The number of methoxy groups -OCH3 is 1. The van der Waals surface area contributed by atoms with Crippen LogP contribution in [0.15, 0.2) is 12.1 Å². The van der Waals surface area contributed by atoms with Crippen molar-refractivity contribution in [2.75, 3.05) is 13.7 Å². The van der Waals surface area contributed by atoms with Crippen molar-refractivity contribution in [3.8, 4) is 11.5 Å². The largest absolute Gasteiger partial charge is 0.493 e. The molecule has 0 saturated heterocycles. The quantitative estimate of drug-likeness (QED) is 0.577. The van der Waals surface area contributed by atoms with Gasteiger partial charge in [-0.05, 0) is 19.9 Å². The fourth-order valence-corrected chi connectivity index (χ4v) is 1.52. The molecule has 0 amide bonds. The van der Waals surface area contributed by atoms with Crippen LogP contribution >= 0.6 is 0 Å². The Morgan fingerprint density at radius 2 is 2.05 bits per heavy atom. The zero-order valence-corrected chi connectivity index (χ0v) is 12.1. The van der Waals surface area contributed by atoms with Crippen molar-refractivity contribution in [3.63, 3.8) is 0 Å². The first-order valence-electron chi connectivity index (χ1n) is 6.14. The summed E-state index contributed by atoms with van der Waals surface area (Å²) in [6, 6.07) is 2.61. The van der Waals surface area contributed by atoms with E-state index in [-0.39, 0.29) is 30.3 Å². The maximum absolute atomic E-state index is 11.0. The van der Waals surface area contributed by atoms with Gasteiger partial charge in [-0.3, -0.25) is 14.9 Å². The second-order valence-electron chi connectivity index (χ2n) is 5.07. The van der Waals surface area contributed by atoms with Gasteiger partial charge in [0.1, 0.15) is 6.61 Å². The van der Waals surface area contributed by atoms with Crippen LogP contribution in [-0.2, 0) is 11.3 Å². The highest BCUT2D eigenvalue weighted by molar-refractivity contribution is 5.73. The molecule has 0 saturated carbocycles. The van der Waals surface area contributed by atoms with Gasteiger partial charge in [0.25, 0.3) is 5.69 Å². The molecule has 116 valence electrons. The minimum absolute atomic E-state index is 0.0203. The molecular formula is C13H18N2O6. The number of carboxylic acid groups (broad SMARTS) is 1. The monoisotopic (exact) mass is 298 g/mol. The summed E-state index contributed by atoms with van der Waals surface area (Å²) < 4.78 is 10.5. The molecule has 1 rings (SSSR count). The molecule has 0 unspecified atom stereocenters. The number of hydrogen-bond donors (Lipinski definition) is 2. The van der Waals surface area contributed by atoms with Gasteiger partial charge in [-0.2, -0.15) is 0 Å². The minimum Gasteiger partial charge on any atom is -0.493 e. The third-order valence-corrected chi connectivity index (χ3v) is 2.95. The Morgan fingerprint density at radius 1 is 1.43 bits per heavy atom. The number of nitro benzene ring substituents is 1. The summed E-state index contributed by atoms with van der Waals surface area (Å²) in [4.78, 5) is 21.5. The standard InChI is InChI=1S/C13H18N2O6/c1-13(2,12(16)17)7-21-11-5-9(15(18)19)8(6-14)4-10(11)20-3/h4-5H,6-7,14H2,1-3H3,(H,16,17). The highest BCUT2D eigenvalue weighted by Crippen LogP contribution is 2.35. The average Bonchev–Trinajstić information content (AvgIpc) is 2.43. The number of carboxylic acids is 1. The van der Waals surface area contributed by atoms with Crippen LogP contribution < -0.4 is 15.2 Å². The van der Waals surface area contributed by atoms with Crippen molar-refractivity contribution in [2.24, 2.45) is 11.1 Å². The van der Waals surface area contributed by atoms with Crippen molar-refractivity contribution in [3.05, 3.63) is 27.8 Å². The lowest BCUT2D eigenvalue weighted by Crippen LogP contribution is -2.30. The van der Waals surface area contributed by atoms with Crippen molar-refractivity contribution < 1.29 is 24.3 Å². The van der Waals surface area contributed by atoms with Crippen LogP contribution in [0.1, 0.15) is 19.4 Å². The Labute approximate surface area is 121 Å². The van der Waals surface area contributed by atoms with E-state index < -0.39 is 16.3 Å². The number of hydrogen-bond acceptors (Lipinski definition) is 6. The molecule has 0 heterocycles. The van der Waals surface area contributed by atoms with Gasteiger partial charge in [0.2, 0.25) is 0 Å². The highest BCUT2D eigenvalue weighted by Gasteiger charge is 2.29. The topological polar surface area (TPSA) is 125 Å². The lowest BCUT2D eigenvalue weighted by atomic mass is 9.95. The smallest absolute Gasteiger partial charge is 0.312 e. The van der Waals surface area contributed by atoms with Gasteiger partial charge < -0.3 is 20.3 Å². The summed E-state index contributed by atoms with van der Waals surface area (Å²) in [7, 11) is 1.39. The third-order valence-electron chi connectivity index (χ3n) is 2.95. The van der Waals surface area contributed by atoms with Crippen LogP contribution in [0.3, 0.4) is 0 Å². The molecule has 0 aromatic heterocycles. The van der Waals surface area contributed by atoms with Gasteiger partial charge in [0, 0.05) is 12.1 Å². The molecule has 0 aliphatic rings. The Balaban J connectivity index is 3.14. The van der Waals surface area contributed by atoms with E-state index in [0.717, 1.165) is 0 Å². The molecule has 21 heavy (non-hydrogen) atoms. The molecule has 0 fully saturated rings. The molecule has 1 aromatic rings. The third kappa shape index (κ3) is 3.82. The van der Waals surface area contributed by atoms with Crippen molar-refractivity contribution >= 4 is 11.7 Å². The van der Waals surface area contributed by atoms with Gasteiger partial charge in [0.05, 0.1) is 23.5 Å². The summed E-state index contributed by atoms with van der Waals surface area (Å²) in [6.07, 6.45) is 0. The molecule has 0 spiro atoms. The first-order chi connectivity index (χ1) is 9.72. The normalized spacial score (nSPS) is 11.0. The number of nitrogens with zero attached hydrogens (tertiary/aromatic N) is 1. The van der Waals surface area contributed by atoms with Crippen LogP contribution in [0, 0.1) is 15.5 Å². The number of rotatable bonds is 7. The predicted octanol–water partition coefficient (Wildman–Crippen LogP) is 1.55. The predicted molar refractivity (Wildman–Crippen MR) is 74.5 cm³/mol. The van der Waals surface area contributed by atoms with Crippen LogP contribution in [0.25, 0.3) is 0 Å². The van der Waals surface area contributed by atoms with Crippen LogP contribution in [0.4, 0.5) is 5.69 Å². The molecule has 3 N–H and O–H groups in total. The zero-order chi connectivity index (χ0) is 16.2. The van der Waals surface area contributed by atoms with E-state index in [1.165, 1.54) is 33.1 Å². The van der Waals surface area contributed by atoms with Gasteiger partial charge >= 0.3 is 5.97 Å². The lowest BCUT2D eigenvalue weighted by molar-refractivity contribution is -0.385. The molecular weight excluding hydrogens is 280 g/mol. The number of ether oxygens (including phenoxy) is 2. The van der Waals surface area contributed by atoms with Crippen LogP contribution in [0.2, 0.25) is 0 Å². The van der Waals surface area contributed by atoms with E-state index in [0.29, 0.717) is 5.56 Å². The molecule has 0 aliphatic carbocycles. The Kier molecular flexibility index (Phi) is 5.09.